The Morgan fingerprint density at radius 2 is 1.68 bits per heavy atom. The Labute approximate surface area is 209 Å². The van der Waals surface area contributed by atoms with Crippen molar-refractivity contribution in [1.29, 1.82) is 0 Å². The second kappa shape index (κ2) is 10.2. The summed E-state index contributed by atoms with van der Waals surface area (Å²) >= 11 is 19.0. The minimum atomic E-state index is -4.64. The second-order valence-electron chi connectivity index (χ2n) is 7.50. The Hall–Kier alpha value is -1.62. The van der Waals surface area contributed by atoms with E-state index >= 15 is 0 Å². The van der Waals surface area contributed by atoms with Crippen molar-refractivity contribution in [3.8, 4) is 0 Å². The Kier molecular flexibility index (Phi) is 8.06. The predicted molar refractivity (Wildman–Crippen MR) is 121 cm³/mol. The summed E-state index contributed by atoms with van der Waals surface area (Å²) in [4.78, 5) is 16.1. The Balaban J connectivity index is 1.76. The minimum absolute atomic E-state index is 0.0725. The summed E-state index contributed by atoms with van der Waals surface area (Å²) in [6.45, 7) is -2.01. The number of hydrogen-bond donors (Lipinski definition) is 1. The molecule has 1 N–H and O–H groups in total. The minimum Gasteiger partial charge on any atom is -0.346 e. The van der Waals surface area contributed by atoms with Crippen LogP contribution in [-0.4, -0.2) is 42.8 Å². The van der Waals surface area contributed by atoms with Crippen molar-refractivity contribution in [3.05, 3.63) is 62.6 Å². The van der Waals surface area contributed by atoms with Crippen molar-refractivity contribution in [3.63, 3.8) is 0 Å². The topological polar surface area (TPSA) is 41.5 Å². The number of thioether (sulfide) groups is 1. The molecular formula is C21H15Cl3F6N2OS. The van der Waals surface area contributed by atoms with Crippen molar-refractivity contribution >= 4 is 58.2 Å². The number of halogens is 9. The standard InChI is InChI=1S/C21H15Cl3F6N2OS/c22-13-4-12(5-14(23)6-13)19(21(28,29)30)7-16(31-9-19)11-1-2-17(15(24)3-11)34-8-18(33)32-10-20(25,26)27/h1-6H,7-10H2,(H,32,33). The number of carbonyl (C=O) groups excluding carboxylic acids is 1. The number of aliphatic imine (C=N–C) groups is 1. The first-order valence-electron chi connectivity index (χ1n) is 9.53. The molecular weight excluding hydrogens is 549 g/mol. The molecule has 0 fully saturated rings. The quantitative estimate of drug-likeness (QED) is 0.301. The van der Waals surface area contributed by atoms with E-state index < -0.39 is 43.2 Å². The molecule has 2 aromatic carbocycles. The lowest BCUT2D eigenvalue weighted by molar-refractivity contribution is -0.183. The van der Waals surface area contributed by atoms with Gasteiger partial charge in [0.15, 0.2) is 0 Å². The van der Waals surface area contributed by atoms with Gasteiger partial charge in [-0.3, -0.25) is 9.79 Å². The van der Waals surface area contributed by atoms with Crippen LogP contribution < -0.4 is 5.32 Å². The van der Waals surface area contributed by atoms with Crippen molar-refractivity contribution in [2.24, 2.45) is 4.99 Å². The van der Waals surface area contributed by atoms with Crippen LogP contribution in [0.4, 0.5) is 26.3 Å². The van der Waals surface area contributed by atoms with Crippen molar-refractivity contribution in [2.75, 3.05) is 18.8 Å². The number of amides is 1. The van der Waals surface area contributed by atoms with Crippen LogP contribution in [0.1, 0.15) is 17.5 Å². The third-order valence-electron chi connectivity index (χ3n) is 5.08. The van der Waals surface area contributed by atoms with Gasteiger partial charge < -0.3 is 5.32 Å². The van der Waals surface area contributed by atoms with Crippen LogP contribution >= 0.6 is 46.6 Å². The second-order valence-corrected chi connectivity index (χ2v) is 9.80. The molecule has 1 heterocycles. The van der Waals surface area contributed by atoms with Gasteiger partial charge in [0.1, 0.15) is 12.0 Å². The Morgan fingerprint density at radius 3 is 2.24 bits per heavy atom. The van der Waals surface area contributed by atoms with Gasteiger partial charge in [-0.2, -0.15) is 26.3 Å². The molecule has 2 aromatic rings. The number of carbonyl (C=O) groups is 1. The van der Waals surface area contributed by atoms with Gasteiger partial charge in [-0.15, -0.1) is 11.8 Å². The van der Waals surface area contributed by atoms with Gasteiger partial charge in [0.25, 0.3) is 0 Å². The van der Waals surface area contributed by atoms with Crippen molar-refractivity contribution < 1.29 is 31.1 Å². The highest BCUT2D eigenvalue weighted by atomic mass is 35.5. The van der Waals surface area contributed by atoms with Gasteiger partial charge >= 0.3 is 12.4 Å². The predicted octanol–water partition coefficient (Wildman–Crippen LogP) is 7.11. The first-order chi connectivity index (χ1) is 15.7. The number of benzene rings is 2. The maximum absolute atomic E-state index is 14.2. The zero-order valence-electron chi connectivity index (χ0n) is 17.0. The monoisotopic (exact) mass is 562 g/mol. The summed E-state index contributed by atoms with van der Waals surface area (Å²) < 4.78 is 79.2. The third kappa shape index (κ3) is 6.33. The van der Waals surface area contributed by atoms with Gasteiger partial charge in [0, 0.05) is 27.1 Å². The van der Waals surface area contributed by atoms with E-state index in [2.05, 4.69) is 4.99 Å². The molecule has 1 unspecified atom stereocenters. The highest BCUT2D eigenvalue weighted by Crippen LogP contribution is 2.49. The lowest BCUT2D eigenvalue weighted by atomic mass is 9.76. The molecule has 0 bridgehead atoms. The van der Waals surface area contributed by atoms with E-state index in [1.165, 1.54) is 36.4 Å². The van der Waals surface area contributed by atoms with E-state index in [0.29, 0.717) is 10.5 Å². The average Bonchev–Trinajstić information content (AvgIpc) is 3.17. The van der Waals surface area contributed by atoms with Crippen LogP contribution in [0.15, 0.2) is 46.3 Å². The number of nitrogens with zero attached hydrogens (tertiary/aromatic N) is 1. The fourth-order valence-corrected chi connectivity index (χ4v) is 5.01. The van der Waals surface area contributed by atoms with Crippen LogP contribution in [-0.2, 0) is 10.2 Å². The number of rotatable bonds is 6. The molecule has 0 saturated heterocycles. The molecule has 0 radical (unpaired) electrons. The van der Waals surface area contributed by atoms with Gasteiger partial charge in [-0.05, 0) is 41.5 Å². The fourth-order valence-electron chi connectivity index (χ4n) is 3.39. The Bertz CT molecular complexity index is 1100. The van der Waals surface area contributed by atoms with Crippen LogP contribution in [0.25, 0.3) is 0 Å². The van der Waals surface area contributed by atoms with E-state index in [4.69, 9.17) is 34.8 Å². The third-order valence-corrected chi connectivity index (χ3v) is 7.01. The van der Waals surface area contributed by atoms with Gasteiger partial charge in [-0.25, -0.2) is 0 Å². The van der Waals surface area contributed by atoms with E-state index in [9.17, 15) is 31.1 Å². The lowest BCUT2D eigenvalue weighted by Gasteiger charge is -2.31. The fraction of sp³-hybridized carbons (Fsp3) is 0.333. The SMILES string of the molecule is O=C(CSc1ccc(C2=NCC(c3cc(Cl)cc(Cl)c3)(C(F)(F)F)C2)cc1Cl)NCC(F)(F)F. The summed E-state index contributed by atoms with van der Waals surface area (Å²) in [5, 5.41) is 2.02. The van der Waals surface area contributed by atoms with E-state index in [0.717, 1.165) is 11.8 Å². The zero-order chi connectivity index (χ0) is 25.3. The summed E-state index contributed by atoms with van der Waals surface area (Å²) in [7, 11) is 0. The normalized spacial score (nSPS) is 18.7. The smallest absolute Gasteiger partial charge is 0.346 e. The molecule has 0 aromatic heterocycles. The average molecular weight is 564 g/mol. The molecule has 13 heteroatoms. The van der Waals surface area contributed by atoms with E-state index in [-0.39, 0.29) is 32.1 Å². The van der Waals surface area contributed by atoms with Crippen LogP contribution in [0, 0.1) is 0 Å². The Morgan fingerprint density at radius 1 is 1.03 bits per heavy atom. The molecule has 1 aliphatic rings. The number of alkyl halides is 6. The number of hydrogen-bond acceptors (Lipinski definition) is 3. The summed E-state index contributed by atoms with van der Waals surface area (Å²) in [6, 6.07) is 8.16. The van der Waals surface area contributed by atoms with Crippen molar-refractivity contribution in [1.82, 2.24) is 5.32 Å². The molecule has 0 saturated carbocycles. The lowest BCUT2D eigenvalue weighted by Crippen LogP contribution is -2.43. The first-order valence-corrected chi connectivity index (χ1v) is 11.6. The van der Waals surface area contributed by atoms with Crippen LogP contribution in [0.5, 0.6) is 0 Å². The molecule has 0 spiro atoms. The van der Waals surface area contributed by atoms with Crippen LogP contribution in [0.3, 0.4) is 0 Å². The van der Waals surface area contributed by atoms with Crippen LogP contribution in [0.2, 0.25) is 15.1 Å². The molecule has 184 valence electrons. The molecule has 3 nitrogen and oxygen atoms in total. The maximum Gasteiger partial charge on any atom is 0.405 e. The maximum atomic E-state index is 14.2. The molecule has 0 aliphatic carbocycles. The number of nitrogens with one attached hydrogen (secondary N) is 1. The summed E-state index contributed by atoms with van der Waals surface area (Å²) in [5.74, 6) is -1.15. The molecule has 34 heavy (non-hydrogen) atoms. The molecule has 1 amide bonds. The van der Waals surface area contributed by atoms with E-state index in [1.54, 1.807) is 5.32 Å². The highest BCUT2D eigenvalue weighted by molar-refractivity contribution is 8.00. The largest absolute Gasteiger partial charge is 0.405 e. The highest BCUT2D eigenvalue weighted by Gasteiger charge is 2.58. The van der Waals surface area contributed by atoms with Crippen molar-refractivity contribution in [2.45, 2.75) is 29.1 Å². The van der Waals surface area contributed by atoms with Gasteiger partial charge in [0.05, 0.1) is 17.3 Å². The zero-order valence-corrected chi connectivity index (χ0v) is 20.0. The first kappa shape index (κ1) is 27.0. The molecule has 1 aliphatic heterocycles. The van der Waals surface area contributed by atoms with Gasteiger partial charge in [-0.1, -0.05) is 40.9 Å². The van der Waals surface area contributed by atoms with E-state index in [1.807, 2.05) is 0 Å². The molecule has 1 atom stereocenters. The molecule has 3 rings (SSSR count). The summed E-state index contributed by atoms with van der Waals surface area (Å²) in [6.07, 6.45) is -9.63. The summed E-state index contributed by atoms with van der Waals surface area (Å²) in [5.41, 5.74) is -1.88. The van der Waals surface area contributed by atoms with Gasteiger partial charge in [0.2, 0.25) is 5.91 Å².